The molecule has 0 bridgehead atoms. The molecule has 0 spiro atoms. The van der Waals surface area contributed by atoms with Gasteiger partial charge in [-0.1, -0.05) is 31.2 Å². The second-order valence-electron chi connectivity index (χ2n) is 7.38. The Morgan fingerprint density at radius 3 is 2.26 bits per heavy atom. The van der Waals surface area contributed by atoms with Crippen molar-refractivity contribution in [3.63, 3.8) is 0 Å². The Morgan fingerprint density at radius 2 is 1.56 bits per heavy atom. The fourth-order valence-corrected chi connectivity index (χ4v) is 3.21. The highest BCUT2D eigenvalue weighted by Crippen LogP contribution is 2.24. The first-order chi connectivity index (χ1) is 16.6. The van der Waals surface area contributed by atoms with E-state index in [0.717, 1.165) is 12.0 Å². The van der Waals surface area contributed by atoms with Crippen LogP contribution in [0.1, 0.15) is 33.5 Å². The molecule has 2 N–H and O–H groups in total. The molecule has 0 saturated carbocycles. The van der Waals surface area contributed by atoms with E-state index in [1.54, 1.807) is 42.5 Å². The molecule has 0 saturated heterocycles. The molecule has 170 valence electrons. The molecule has 2 aromatic heterocycles. The number of anilines is 1. The minimum absolute atomic E-state index is 0.259. The highest BCUT2D eigenvalue weighted by Gasteiger charge is 2.11. The van der Waals surface area contributed by atoms with Crippen LogP contribution in [0.4, 0.5) is 5.69 Å². The number of amides is 2. The van der Waals surface area contributed by atoms with Gasteiger partial charge >= 0.3 is 0 Å². The molecule has 8 nitrogen and oxygen atoms in total. The van der Waals surface area contributed by atoms with Gasteiger partial charge in [0.15, 0.2) is 0 Å². The summed E-state index contributed by atoms with van der Waals surface area (Å²) in [6.45, 7) is 2.10. The van der Waals surface area contributed by atoms with Crippen molar-refractivity contribution in [3.8, 4) is 22.8 Å². The summed E-state index contributed by atoms with van der Waals surface area (Å²) in [5, 5.41) is 5.35. The van der Waals surface area contributed by atoms with E-state index in [-0.39, 0.29) is 23.2 Å². The molecule has 0 atom stereocenters. The van der Waals surface area contributed by atoms with Crippen molar-refractivity contribution < 1.29 is 14.3 Å². The molecule has 0 aliphatic heterocycles. The molecule has 4 rings (SSSR count). The molecule has 4 aromatic rings. The third kappa shape index (κ3) is 5.42. The Labute approximate surface area is 197 Å². The molecule has 0 aliphatic rings. The normalized spacial score (nSPS) is 10.4. The molecule has 34 heavy (non-hydrogen) atoms. The van der Waals surface area contributed by atoms with Crippen LogP contribution in [0.3, 0.4) is 0 Å². The van der Waals surface area contributed by atoms with Crippen LogP contribution < -0.4 is 15.4 Å². The number of nitrogens with one attached hydrogen (secondary N) is 2. The van der Waals surface area contributed by atoms with Gasteiger partial charge < -0.3 is 15.4 Å². The summed E-state index contributed by atoms with van der Waals surface area (Å²) >= 11 is 0. The lowest BCUT2D eigenvalue weighted by Gasteiger charge is -2.09. The average molecular weight is 454 g/mol. The molecule has 0 unspecified atom stereocenters. The number of aryl methyl sites for hydroxylation is 1. The number of benzene rings is 2. The second kappa shape index (κ2) is 10.4. The third-order valence-corrected chi connectivity index (χ3v) is 5.10. The van der Waals surface area contributed by atoms with Gasteiger partial charge in [0.2, 0.25) is 0 Å². The molecular formula is C26H23N5O3. The molecule has 2 heterocycles. The smallest absolute Gasteiger partial charge is 0.274 e. The van der Waals surface area contributed by atoms with Crippen molar-refractivity contribution in [1.29, 1.82) is 0 Å². The van der Waals surface area contributed by atoms with Crippen molar-refractivity contribution in [2.45, 2.75) is 13.3 Å². The van der Waals surface area contributed by atoms with Crippen molar-refractivity contribution in [2.24, 2.45) is 0 Å². The minimum Gasteiger partial charge on any atom is -0.457 e. The van der Waals surface area contributed by atoms with E-state index in [9.17, 15) is 9.59 Å². The number of hydrogen-bond donors (Lipinski definition) is 2. The van der Waals surface area contributed by atoms with E-state index in [4.69, 9.17) is 4.74 Å². The molecule has 0 radical (unpaired) electrons. The van der Waals surface area contributed by atoms with Gasteiger partial charge in [0, 0.05) is 30.6 Å². The van der Waals surface area contributed by atoms with Gasteiger partial charge in [0.25, 0.3) is 11.8 Å². The molecule has 8 heteroatoms. The zero-order valence-electron chi connectivity index (χ0n) is 18.8. The predicted molar refractivity (Wildman–Crippen MR) is 129 cm³/mol. The van der Waals surface area contributed by atoms with Crippen molar-refractivity contribution in [3.05, 3.63) is 96.2 Å². The first-order valence-electron chi connectivity index (χ1n) is 10.7. The number of hydrogen-bond acceptors (Lipinski definition) is 6. The zero-order chi connectivity index (χ0) is 23.9. The number of rotatable bonds is 7. The van der Waals surface area contributed by atoms with Crippen LogP contribution in [-0.2, 0) is 6.42 Å². The van der Waals surface area contributed by atoms with Crippen LogP contribution in [0.5, 0.6) is 11.5 Å². The van der Waals surface area contributed by atoms with E-state index in [1.807, 2.05) is 24.3 Å². The fraction of sp³-hybridized carbons (Fsp3) is 0.115. The Morgan fingerprint density at radius 1 is 0.824 bits per heavy atom. The Hall–Kier alpha value is -4.59. The number of ether oxygens (including phenoxy) is 1. The van der Waals surface area contributed by atoms with Gasteiger partial charge in [0.1, 0.15) is 29.2 Å². The zero-order valence-corrected chi connectivity index (χ0v) is 18.8. The lowest BCUT2D eigenvalue weighted by Crippen LogP contribution is -2.18. The topological polar surface area (TPSA) is 106 Å². The van der Waals surface area contributed by atoms with Gasteiger partial charge in [-0.05, 0) is 48.4 Å². The summed E-state index contributed by atoms with van der Waals surface area (Å²) in [6, 6.07) is 19.8. The van der Waals surface area contributed by atoms with E-state index < -0.39 is 0 Å². The van der Waals surface area contributed by atoms with E-state index >= 15 is 0 Å². The van der Waals surface area contributed by atoms with E-state index in [1.165, 1.54) is 25.1 Å². The monoisotopic (exact) mass is 453 g/mol. The SMILES string of the molecule is CCc1ccc(-c2cc(C(=O)Nc3ccc(Oc4ccnc(C(=O)NC)c4)cc3)ncn2)cc1. The Kier molecular flexibility index (Phi) is 6.88. The minimum atomic E-state index is -0.341. The summed E-state index contributed by atoms with van der Waals surface area (Å²) in [7, 11) is 1.54. The number of carbonyl (C=O) groups excluding carboxylic acids is 2. The molecule has 0 fully saturated rings. The summed E-state index contributed by atoms with van der Waals surface area (Å²) in [5.41, 5.74) is 3.95. The van der Waals surface area contributed by atoms with Crippen molar-refractivity contribution in [2.75, 3.05) is 12.4 Å². The number of aromatic nitrogens is 3. The van der Waals surface area contributed by atoms with Crippen molar-refractivity contribution in [1.82, 2.24) is 20.3 Å². The molecular weight excluding hydrogens is 430 g/mol. The standard InChI is InChI=1S/C26H23N5O3/c1-3-17-4-6-18(7-5-17)22-15-24(30-16-29-22)26(33)31-19-8-10-20(11-9-19)34-21-12-13-28-23(14-21)25(32)27-2/h4-16H,3H2,1-2H3,(H,27,32)(H,31,33). The molecule has 0 aliphatic carbocycles. The van der Waals surface area contributed by atoms with Gasteiger partial charge in [-0.2, -0.15) is 0 Å². The number of carbonyl (C=O) groups is 2. The second-order valence-corrected chi connectivity index (χ2v) is 7.38. The predicted octanol–water partition coefficient (Wildman–Crippen LogP) is 4.51. The van der Waals surface area contributed by atoms with Crippen LogP contribution in [-0.4, -0.2) is 33.8 Å². The summed E-state index contributed by atoms with van der Waals surface area (Å²) < 4.78 is 5.79. The summed E-state index contributed by atoms with van der Waals surface area (Å²) in [4.78, 5) is 36.9. The van der Waals surface area contributed by atoms with Crippen LogP contribution in [0.15, 0.2) is 79.3 Å². The first-order valence-corrected chi connectivity index (χ1v) is 10.7. The fourth-order valence-electron chi connectivity index (χ4n) is 3.21. The molecule has 2 aromatic carbocycles. The summed E-state index contributed by atoms with van der Waals surface area (Å²) in [5.74, 6) is 0.388. The van der Waals surface area contributed by atoms with Gasteiger partial charge in [0.05, 0.1) is 5.69 Å². The van der Waals surface area contributed by atoms with E-state index in [2.05, 4.69) is 32.5 Å². The lowest BCUT2D eigenvalue weighted by atomic mass is 10.1. The maximum absolute atomic E-state index is 12.7. The Bertz CT molecular complexity index is 1300. The molecule has 2 amide bonds. The maximum Gasteiger partial charge on any atom is 0.274 e. The van der Waals surface area contributed by atoms with Crippen LogP contribution in [0, 0.1) is 0 Å². The maximum atomic E-state index is 12.7. The largest absolute Gasteiger partial charge is 0.457 e. The average Bonchev–Trinajstić information content (AvgIpc) is 2.89. The van der Waals surface area contributed by atoms with E-state index in [0.29, 0.717) is 22.9 Å². The van der Waals surface area contributed by atoms with Crippen LogP contribution >= 0.6 is 0 Å². The van der Waals surface area contributed by atoms with Gasteiger partial charge in [-0.3, -0.25) is 14.6 Å². The first kappa shape index (κ1) is 22.6. The number of nitrogens with zero attached hydrogens (tertiary/aromatic N) is 3. The van der Waals surface area contributed by atoms with Gasteiger partial charge in [-0.25, -0.2) is 9.97 Å². The lowest BCUT2D eigenvalue weighted by molar-refractivity contribution is 0.0957. The van der Waals surface area contributed by atoms with Crippen LogP contribution in [0.2, 0.25) is 0 Å². The summed E-state index contributed by atoms with van der Waals surface area (Å²) in [6.07, 6.45) is 3.85. The highest BCUT2D eigenvalue weighted by molar-refractivity contribution is 6.03. The quantitative estimate of drug-likeness (QED) is 0.427. The van der Waals surface area contributed by atoms with Crippen LogP contribution in [0.25, 0.3) is 11.3 Å². The highest BCUT2D eigenvalue weighted by atomic mass is 16.5. The number of pyridine rings is 1. The Balaban J connectivity index is 1.42. The van der Waals surface area contributed by atoms with Gasteiger partial charge in [-0.15, -0.1) is 0 Å². The van der Waals surface area contributed by atoms with Crippen molar-refractivity contribution >= 4 is 17.5 Å². The third-order valence-electron chi connectivity index (χ3n) is 5.10.